The lowest BCUT2D eigenvalue weighted by Crippen LogP contribution is -2.26. The number of nitrogens with one attached hydrogen (secondary N) is 1. The molecule has 122 valence electrons. The topological polar surface area (TPSA) is 46.9 Å². The molecule has 0 saturated carbocycles. The first kappa shape index (κ1) is 16.6. The SMILES string of the molecule is O=C(NCCc1cnn(-c2ccccc2)c1)c1ccc(F)cc1I. The van der Waals surface area contributed by atoms with Gasteiger partial charge in [-0.1, -0.05) is 18.2 Å². The minimum absolute atomic E-state index is 0.199. The Balaban J connectivity index is 1.57. The maximum atomic E-state index is 13.1. The molecule has 0 fully saturated rings. The van der Waals surface area contributed by atoms with E-state index in [1.54, 1.807) is 10.9 Å². The van der Waals surface area contributed by atoms with E-state index < -0.39 is 0 Å². The molecule has 24 heavy (non-hydrogen) atoms. The van der Waals surface area contributed by atoms with E-state index >= 15 is 0 Å². The van der Waals surface area contributed by atoms with E-state index in [1.165, 1.54) is 18.2 Å². The third-order valence-corrected chi connectivity index (χ3v) is 4.42. The molecule has 3 rings (SSSR count). The standard InChI is InChI=1S/C18H15FIN3O/c19-14-6-7-16(17(20)10-14)18(24)21-9-8-13-11-22-23(12-13)15-4-2-1-3-5-15/h1-7,10-12H,8-9H2,(H,21,24). The van der Waals surface area contributed by atoms with Gasteiger partial charge in [0.05, 0.1) is 17.4 Å². The van der Waals surface area contributed by atoms with Crippen molar-refractivity contribution in [2.24, 2.45) is 0 Å². The number of rotatable bonds is 5. The molecular weight excluding hydrogens is 420 g/mol. The second-order valence-electron chi connectivity index (χ2n) is 5.26. The van der Waals surface area contributed by atoms with Crippen LogP contribution in [0.15, 0.2) is 60.9 Å². The Labute approximate surface area is 152 Å². The van der Waals surface area contributed by atoms with Gasteiger partial charge >= 0.3 is 0 Å². The van der Waals surface area contributed by atoms with Crippen LogP contribution in [0.1, 0.15) is 15.9 Å². The summed E-state index contributed by atoms with van der Waals surface area (Å²) in [5.41, 5.74) is 2.51. The summed E-state index contributed by atoms with van der Waals surface area (Å²) in [6.45, 7) is 0.493. The maximum absolute atomic E-state index is 13.1. The smallest absolute Gasteiger partial charge is 0.252 e. The number of carbonyl (C=O) groups excluding carboxylic acids is 1. The van der Waals surface area contributed by atoms with Gasteiger partial charge in [0.1, 0.15) is 5.82 Å². The van der Waals surface area contributed by atoms with Gasteiger partial charge in [-0.2, -0.15) is 5.10 Å². The first-order valence-electron chi connectivity index (χ1n) is 7.46. The number of para-hydroxylation sites is 1. The summed E-state index contributed by atoms with van der Waals surface area (Å²) in [7, 11) is 0. The lowest BCUT2D eigenvalue weighted by Gasteiger charge is -2.06. The van der Waals surface area contributed by atoms with Crippen LogP contribution in [0.25, 0.3) is 5.69 Å². The number of benzene rings is 2. The van der Waals surface area contributed by atoms with Crippen molar-refractivity contribution < 1.29 is 9.18 Å². The summed E-state index contributed by atoms with van der Waals surface area (Å²) in [5, 5.41) is 7.18. The summed E-state index contributed by atoms with van der Waals surface area (Å²) in [6.07, 6.45) is 4.42. The number of amides is 1. The monoisotopic (exact) mass is 435 g/mol. The predicted octanol–water partition coefficient (Wildman–Crippen LogP) is 3.59. The predicted molar refractivity (Wildman–Crippen MR) is 98.7 cm³/mol. The van der Waals surface area contributed by atoms with Gasteiger partial charge < -0.3 is 5.32 Å². The van der Waals surface area contributed by atoms with E-state index in [4.69, 9.17) is 0 Å². The van der Waals surface area contributed by atoms with Crippen molar-refractivity contribution in [2.45, 2.75) is 6.42 Å². The van der Waals surface area contributed by atoms with E-state index in [1.807, 2.05) is 59.1 Å². The van der Waals surface area contributed by atoms with Gasteiger partial charge in [-0.25, -0.2) is 9.07 Å². The zero-order valence-electron chi connectivity index (χ0n) is 12.7. The van der Waals surface area contributed by atoms with Gasteiger partial charge in [-0.05, 0) is 64.9 Å². The van der Waals surface area contributed by atoms with Crippen LogP contribution in [0.4, 0.5) is 4.39 Å². The molecule has 0 aliphatic rings. The molecule has 0 bridgehead atoms. The minimum atomic E-state index is -0.343. The zero-order chi connectivity index (χ0) is 16.9. The van der Waals surface area contributed by atoms with Gasteiger partial charge in [0.25, 0.3) is 5.91 Å². The molecule has 2 aromatic carbocycles. The third kappa shape index (κ3) is 4.00. The second-order valence-corrected chi connectivity index (χ2v) is 6.42. The summed E-state index contributed by atoms with van der Waals surface area (Å²) in [4.78, 5) is 12.1. The fraction of sp³-hybridized carbons (Fsp3) is 0.111. The third-order valence-electron chi connectivity index (χ3n) is 3.53. The molecule has 0 spiro atoms. The molecule has 1 N–H and O–H groups in total. The number of hydrogen-bond donors (Lipinski definition) is 1. The van der Waals surface area contributed by atoms with Crippen molar-refractivity contribution in [1.82, 2.24) is 15.1 Å². The van der Waals surface area contributed by atoms with Gasteiger partial charge in [0.2, 0.25) is 0 Å². The molecule has 4 nitrogen and oxygen atoms in total. The first-order valence-corrected chi connectivity index (χ1v) is 8.53. The van der Waals surface area contributed by atoms with Crippen molar-refractivity contribution >= 4 is 28.5 Å². The molecule has 0 aliphatic heterocycles. The van der Waals surface area contributed by atoms with Crippen molar-refractivity contribution in [3.63, 3.8) is 0 Å². The highest BCUT2D eigenvalue weighted by Gasteiger charge is 2.10. The number of carbonyl (C=O) groups is 1. The maximum Gasteiger partial charge on any atom is 0.252 e. The molecule has 0 atom stereocenters. The van der Waals surface area contributed by atoms with Crippen LogP contribution in [0.5, 0.6) is 0 Å². The average Bonchev–Trinajstić information content (AvgIpc) is 3.04. The molecule has 1 aromatic heterocycles. The highest BCUT2D eigenvalue weighted by Crippen LogP contribution is 2.14. The fourth-order valence-electron chi connectivity index (χ4n) is 2.30. The van der Waals surface area contributed by atoms with Gasteiger partial charge in [-0.15, -0.1) is 0 Å². The van der Waals surface area contributed by atoms with Crippen molar-refractivity contribution in [2.75, 3.05) is 6.54 Å². The average molecular weight is 435 g/mol. The number of hydrogen-bond acceptors (Lipinski definition) is 2. The van der Waals surface area contributed by atoms with Crippen LogP contribution in [0.3, 0.4) is 0 Å². The van der Waals surface area contributed by atoms with E-state index in [0.29, 0.717) is 22.1 Å². The number of nitrogens with zero attached hydrogens (tertiary/aromatic N) is 2. The Morgan fingerprint density at radius 2 is 2.00 bits per heavy atom. The van der Waals surface area contributed by atoms with E-state index in [2.05, 4.69) is 10.4 Å². The van der Waals surface area contributed by atoms with Crippen molar-refractivity contribution in [3.8, 4) is 5.69 Å². The van der Waals surface area contributed by atoms with Gasteiger partial charge in [-0.3, -0.25) is 4.79 Å². The minimum Gasteiger partial charge on any atom is -0.352 e. The fourth-order valence-corrected chi connectivity index (χ4v) is 3.02. The number of aromatic nitrogens is 2. The molecule has 3 aromatic rings. The highest BCUT2D eigenvalue weighted by molar-refractivity contribution is 14.1. The van der Waals surface area contributed by atoms with E-state index in [0.717, 1.165) is 11.3 Å². The van der Waals surface area contributed by atoms with Crippen LogP contribution in [-0.2, 0) is 6.42 Å². The van der Waals surface area contributed by atoms with Crippen LogP contribution >= 0.6 is 22.6 Å². The van der Waals surface area contributed by atoms with Crippen LogP contribution in [0, 0.1) is 9.39 Å². The molecule has 0 unspecified atom stereocenters. The molecule has 0 radical (unpaired) electrons. The van der Waals surface area contributed by atoms with Crippen LogP contribution < -0.4 is 5.32 Å². The largest absolute Gasteiger partial charge is 0.352 e. The quantitative estimate of drug-likeness (QED) is 0.623. The van der Waals surface area contributed by atoms with Gasteiger partial charge in [0, 0.05) is 16.3 Å². The first-order chi connectivity index (χ1) is 11.6. The van der Waals surface area contributed by atoms with Gasteiger partial charge in [0.15, 0.2) is 0 Å². The van der Waals surface area contributed by atoms with Crippen molar-refractivity contribution in [3.05, 3.63) is 81.4 Å². The Morgan fingerprint density at radius 1 is 1.21 bits per heavy atom. The summed E-state index contributed by atoms with van der Waals surface area (Å²) in [6, 6.07) is 14.0. The molecule has 6 heteroatoms. The Morgan fingerprint density at radius 3 is 2.75 bits per heavy atom. The Hall–Kier alpha value is -2.22. The van der Waals surface area contributed by atoms with E-state index in [-0.39, 0.29) is 11.7 Å². The molecule has 0 saturated heterocycles. The lowest BCUT2D eigenvalue weighted by molar-refractivity contribution is 0.0953. The summed E-state index contributed by atoms with van der Waals surface area (Å²) >= 11 is 1.96. The summed E-state index contributed by atoms with van der Waals surface area (Å²) in [5.74, 6) is -0.542. The Kier molecular flexibility index (Phi) is 5.24. The normalized spacial score (nSPS) is 10.6. The summed E-state index contributed by atoms with van der Waals surface area (Å²) < 4.78 is 15.5. The zero-order valence-corrected chi connectivity index (χ0v) is 14.9. The molecule has 1 heterocycles. The van der Waals surface area contributed by atoms with Crippen LogP contribution in [0.2, 0.25) is 0 Å². The number of halogens is 2. The van der Waals surface area contributed by atoms with Crippen molar-refractivity contribution in [1.29, 1.82) is 0 Å². The lowest BCUT2D eigenvalue weighted by atomic mass is 10.2. The van der Waals surface area contributed by atoms with Crippen LogP contribution in [-0.4, -0.2) is 22.2 Å². The molecular formula is C18H15FIN3O. The second kappa shape index (κ2) is 7.57. The molecule has 1 amide bonds. The highest BCUT2D eigenvalue weighted by atomic mass is 127. The molecule has 0 aliphatic carbocycles. The van der Waals surface area contributed by atoms with E-state index in [9.17, 15) is 9.18 Å². The Bertz CT molecular complexity index is 848.